The largest absolute Gasteiger partial charge is 0.416 e. The molecular formula is C25H28F3N5S. The van der Waals surface area contributed by atoms with E-state index in [1.807, 2.05) is 30.7 Å². The highest BCUT2D eigenvalue weighted by Crippen LogP contribution is 2.65. The number of rotatable bonds is 7. The van der Waals surface area contributed by atoms with Crippen LogP contribution < -0.4 is 0 Å². The fourth-order valence-electron chi connectivity index (χ4n) is 5.32. The molecule has 2 atom stereocenters. The van der Waals surface area contributed by atoms with Gasteiger partial charge in [-0.1, -0.05) is 30.0 Å². The van der Waals surface area contributed by atoms with E-state index in [-0.39, 0.29) is 11.3 Å². The third kappa shape index (κ3) is 4.47. The third-order valence-corrected chi connectivity index (χ3v) is 8.33. The summed E-state index contributed by atoms with van der Waals surface area (Å²) in [7, 11) is 1.97. The Bertz CT molecular complexity index is 1180. The standard InChI is InChI=1S/C25H28F3N5S/c1-17-18(8-5-11-29-17)22-30-31-23(32(22)2)34-14-6-12-33-13-10-24(16-33)15-21(24)19-7-3-4-9-20(19)25(26,27)28/h3-5,7-9,11,21H,6,10,12-16H2,1-2H3. The van der Waals surface area contributed by atoms with Crippen molar-refractivity contribution in [2.75, 3.05) is 25.4 Å². The third-order valence-electron chi connectivity index (χ3n) is 7.23. The van der Waals surface area contributed by atoms with E-state index in [9.17, 15) is 13.2 Å². The number of aryl methyl sites for hydroxylation is 1. The normalized spacial score (nSPS) is 22.6. The fourth-order valence-corrected chi connectivity index (χ4v) is 6.15. The molecule has 1 saturated carbocycles. The van der Waals surface area contributed by atoms with Crippen molar-refractivity contribution in [3.63, 3.8) is 0 Å². The molecule has 180 valence electrons. The van der Waals surface area contributed by atoms with Crippen molar-refractivity contribution in [3.8, 4) is 11.4 Å². The Morgan fingerprint density at radius 1 is 1.15 bits per heavy atom. The molecule has 0 bridgehead atoms. The number of nitrogens with zero attached hydrogens (tertiary/aromatic N) is 5. The van der Waals surface area contributed by atoms with Crippen LogP contribution in [0, 0.1) is 12.3 Å². The Morgan fingerprint density at radius 2 is 1.97 bits per heavy atom. The van der Waals surface area contributed by atoms with Crippen molar-refractivity contribution < 1.29 is 13.2 Å². The van der Waals surface area contributed by atoms with Crippen molar-refractivity contribution in [1.82, 2.24) is 24.6 Å². The summed E-state index contributed by atoms with van der Waals surface area (Å²) in [4.78, 5) is 6.75. The summed E-state index contributed by atoms with van der Waals surface area (Å²) < 4.78 is 42.4. The van der Waals surface area contributed by atoms with E-state index in [1.54, 1.807) is 30.1 Å². The van der Waals surface area contributed by atoms with Gasteiger partial charge in [0.15, 0.2) is 11.0 Å². The summed E-state index contributed by atoms with van der Waals surface area (Å²) in [6.07, 6.45) is 0.325. The van der Waals surface area contributed by atoms with E-state index in [0.717, 1.165) is 66.9 Å². The topological polar surface area (TPSA) is 46.8 Å². The summed E-state index contributed by atoms with van der Waals surface area (Å²) in [5.41, 5.74) is 1.95. The second kappa shape index (κ2) is 9.00. The van der Waals surface area contributed by atoms with Crippen LogP contribution >= 0.6 is 11.8 Å². The first kappa shape index (κ1) is 23.4. The molecule has 5 nitrogen and oxygen atoms in total. The molecule has 0 radical (unpaired) electrons. The first-order valence-electron chi connectivity index (χ1n) is 11.6. The molecule has 3 heterocycles. The van der Waals surface area contributed by atoms with E-state index in [4.69, 9.17) is 0 Å². The molecule has 1 aliphatic heterocycles. The van der Waals surface area contributed by atoms with Gasteiger partial charge in [0.1, 0.15) is 0 Å². The predicted molar refractivity (Wildman–Crippen MR) is 127 cm³/mol. The Hall–Kier alpha value is -2.39. The maximum Gasteiger partial charge on any atom is 0.416 e. The van der Waals surface area contributed by atoms with Crippen LogP contribution in [0.3, 0.4) is 0 Å². The molecule has 0 amide bonds. The van der Waals surface area contributed by atoms with Crippen LogP contribution in [0.4, 0.5) is 13.2 Å². The van der Waals surface area contributed by atoms with Gasteiger partial charge in [-0.2, -0.15) is 13.2 Å². The highest BCUT2D eigenvalue weighted by atomic mass is 32.2. The number of pyridine rings is 1. The zero-order valence-corrected chi connectivity index (χ0v) is 20.2. The number of likely N-dealkylation sites (tertiary alicyclic amines) is 1. The molecule has 0 N–H and O–H groups in total. The van der Waals surface area contributed by atoms with Gasteiger partial charge in [0, 0.05) is 36.8 Å². The van der Waals surface area contributed by atoms with E-state index < -0.39 is 11.7 Å². The molecule has 1 aliphatic carbocycles. The average molecular weight is 488 g/mol. The number of alkyl halides is 3. The van der Waals surface area contributed by atoms with Crippen LogP contribution in [0.25, 0.3) is 11.4 Å². The summed E-state index contributed by atoms with van der Waals surface area (Å²) >= 11 is 1.69. The first-order valence-corrected chi connectivity index (χ1v) is 12.6. The minimum absolute atomic E-state index is 0.0224. The molecule has 5 rings (SSSR count). The van der Waals surface area contributed by atoms with E-state index in [1.165, 1.54) is 12.1 Å². The quantitative estimate of drug-likeness (QED) is 0.322. The van der Waals surface area contributed by atoms with Crippen LogP contribution in [0.1, 0.15) is 42.0 Å². The molecule has 34 heavy (non-hydrogen) atoms. The molecule has 2 fully saturated rings. The van der Waals surface area contributed by atoms with Crippen molar-refractivity contribution in [2.45, 2.75) is 43.4 Å². The van der Waals surface area contributed by atoms with E-state index >= 15 is 0 Å². The summed E-state index contributed by atoms with van der Waals surface area (Å²) in [5, 5.41) is 9.58. The highest BCUT2D eigenvalue weighted by Gasteiger charge is 2.59. The van der Waals surface area contributed by atoms with Crippen LogP contribution in [0.2, 0.25) is 0 Å². The number of thioether (sulfide) groups is 1. The van der Waals surface area contributed by atoms with Gasteiger partial charge in [0.25, 0.3) is 0 Å². The minimum Gasteiger partial charge on any atom is -0.305 e. The lowest BCUT2D eigenvalue weighted by Gasteiger charge is -2.17. The molecule has 3 aromatic rings. The summed E-state index contributed by atoms with van der Waals surface area (Å²) in [6.45, 7) is 4.77. The molecule has 1 spiro atoms. The second-order valence-corrected chi connectivity index (χ2v) is 10.5. The molecule has 9 heteroatoms. The molecule has 1 saturated heterocycles. The molecular weight excluding hydrogens is 459 g/mol. The summed E-state index contributed by atoms with van der Waals surface area (Å²) in [6, 6.07) is 10.0. The van der Waals surface area contributed by atoms with Crippen LogP contribution in [0.5, 0.6) is 0 Å². The summed E-state index contributed by atoms with van der Waals surface area (Å²) in [5.74, 6) is 1.76. The monoisotopic (exact) mass is 487 g/mol. The van der Waals surface area contributed by atoms with Crippen LogP contribution in [-0.2, 0) is 13.2 Å². The maximum atomic E-state index is 13.5. The molecule has 2 unspecified atom stereocenters. The predicted octanol–water partition coefficient (Wildman–Crippen LogP) is 5.57. The zero-order chi connectivity index (χ0) is 23.9. The van der Waals surface area contributed by atoms with Crippen LogP contribution in [-0.4, -0.2) is 50.0 Å². The minimum atomic E-state index is -4.29. The van der Waals surface area contributed by atoms with Crippen molar-refractivity contribution in [2.24, 2.45) is 12.5 Å². The van der Waals surface area contributed by atoms with E-state index in [0.29, 0.717) is 5.56 Å². The molecule has 1 aromatic carbocycles. The number of aromatic nitrogens is 4. The highest BCUT2D eigenvalue weighted by molar-refractivity contribution is 7.99. The first-order chi connectivity index (χ1) is 16.3. The lowest BCUT2D eigenvalue weighted by atomic mass is 9.95. The zero-order valence-electron chi connectivity index (χ0n) is 19.3. The van der Waals surface area contributed by atoms with Gasteiger partial charge in [-0.05, 0) is 74.4 Å². The lowest BCUT2D eigenvalue weighted by molar-refractivity contribution is -0.138. The average Bonchev–Trinajstić information content (AvgIpc) is 3.15. The Balaban J connectivity index is 1.13. The van der Waals surface area contributed by atoms with Crippen molar-refractivity contribution >= 4 is 11.8 Å². The van der Waals surface area contributed by atoms with Gasteiger partial charge >= 0.3 is 6.18 Å². The maximum absolute atomic E-state index is 13.5. The number of hydrogen-bond donors (Lipinski definition) is 0. The number of benzene rings is 1. The molecule has 2 aliphatic rings. The second-order valence-electron chi connectivity index (χ2n) is 9.43. The Morgan fingerprint density at radius 3 is 2.76 bits per heavy atom. The van der Waals surface area contributed by atoms with Gasteiger partial charge < -0.3 is 9.47 Å². The van der Waals surface area contributed by atoms with Gasteiger partial charge in [0.05, 0.1) is 5.56 Å². The van der Waals surface area contributed by atoms with Crippen molar-refractivity contribution in [3.05, 3.63) is 59.4 Å². The SMILES string of the molecule is Cc1ncccc1-c1nnc(SCCCN2CCC3(CC3c3ccccc3C(F)(F)F)C2)n1C. The Kier molecular flexibility index (Phi) is 6.18. The van der Waals surface area contributed by atoms with Gasteiger partial charge in [-0.25, -0.2) is 0 Å². The van der Waals surface area contributed by atoms with Gasteiger partial charge in [0.2, 0.25) is 0 Å². The van der Waals surface area contributed by atoms with Crippen LogP contribution in [0.15, 0.2) is 47.8 Å². The Labute approximate surface area is 201 Å². The number of halogens is 3. The lowest BCUT2D eigenvalue weighted by Crippen LogP contribution is -2.23. The smallest absolute Gasteiger partial charge is 0.305 e. The van der Waals surface area contributed by atoms with Gasteiger partial charge in [-0.15, -0.1) is 10.2 Å². The van der Waals surface area contributed by atoms with Gasteiger partial charge in [-0.3, -0.25) is 4.98 Å². The van der Waals surface area contributed by atoms with Crippen molar-refractivity contribution in [1.29, 1.82) is 0 Å². The van der Waals surface area contributed by atoms with E-state index in [2.05, 4.69) is 20.1 Å². The fraction of sp³-hybridized carbons (Fsp3) is 0.480. The number of hydrogen-bond acceptors (Lipinski definition) is 5. The molecule has 2 aromatic heterocycles.